The van der Waals surface area contributed by atoms with Crippen molar-refractivity contribution in [2.75, 3.05) is 0 Å². The molecule has 0 aliphatic heterocycles. The van der Waals surface area contributed by atoms with Crippen molar-refractivity contribution in [1.29, 1.82) is 0 Å². The van der Waals surface area contributed by atoms with Gasteiger partial charge in [-0.25, -0.2) is 18.7 Å². The number of nitro groups is 1. The molecule has 1 aromatic carbocycles. The number of nitrogens with one attached hydrogen (secondary N) is 1. The Morgan fingerprint density at radius 2 is 2.11 bits per heavy atom. The van der Waals surface area contributed by atoms with Crippen molar-refractivity contribution in [3.05, 3.63) is 33.9 Å². The van der Waals surface area contributed by atoms with E-state index in [2.05, 4.69) is 15.2 Å². The van der Waals surface area contributed by atoms with Gasteiger partial charge in [0.2, 0.25) is 0 Å². The second-order valence-corrected chi connectivity index (χ2v) is 5.19. The number of primary sulfonamides is 1. The Bertz CT molecular complexity index is 752. The van der Waals surface area contributed by atoms with Gasteiger partial charge in [-0.3, -0.25) is 10.1 Å². The highest BCUT2D eigenvalue weighted by Crippen LogP contribution is 2.27. The van der Waals surface area contributed by atoms with Gasteiger partial charge in [0.1, 0.15) is 0 Å². The fraction of sp³-hybridized carbons (Fsp3) is 0.111. The van der Waals surface area contributed by atoms with Crippen LogP contribution in [0.15, 0.2) is 23.4 Å². The lowest BCUT2D eigenvalue weighted by atomic mass is 10.1. The summed E-state index contributed by atoms with van der Waals surface area (Å²) in [5.41, 5.74) is 0.604. The number of H-pyrrole nitrogens is 1. The highest BCUT2D eigenvalue weighted by Gasteiger charge is 2.19. The van der Waals surface area contributed by atoms with Gasteiger partial charge in [-0.2, -0.15) is 10.1 Å². The van der Waals surface area contributed by atoms with Crippen LogP contribution in [0.5, 0.6) is 0 Å². The summed E-state index contributed by atoms with van der Waals surface area (Å²) in [6.07, 6.45) is 0. The second-order valence-electron chi connectivity index (χ2n) is 3.72. The van der Waals surface area contributed by atoms with Crippen LogP contribution in [-0.4, -0.2) is 28.5 Å². The van der Waals surface area contributed by atoms with Crippen molar-refractivity contribution < 1.29 is 13.3 Å². The molecule has 0 saturated heterocycles. The average Bonchev–Trinajstić information content (AvgIpc) is 2.77. The summed E-state index contributed by atoms with van der Waals surface area (Å²) in [7, 11) is -3.99. The van der Waals surface area contributed by atoms with Crippen LogP contribution in [0.1, 0.15) is 5.56 Å². The van der Waals surface area contributed by atoms with E-state index < -0.39 is 20.1 Å². The standard InChI is InChI=1S/C9H9N5O4S/c1-5-6(3-2-4-7(5)14(15)16)8-11-9(13-12-8)19(10,17)18/h2-4H,1H3,(H2,10,17,18)(H,11,12,13). The van der Waals surface area contributed by atoms with Gasteiger partial charge in [-0.1, -0.05) is 12.1 Å². The molecule has 10 heteroatoms. The normalized spacial score (nSPS) is 11.5. The molecule has 2 rings (SSSR count). The van der Waals surface area contributed by atoms with Crippen LogP contribution >= 0.6 is 0 Å². The average molecular weight is 283 g/mol. The molecule has 0 spiro atoms. The Balaban J connectivity index is 2.57. The lowest BCUT2D eigenvalue weighted by molar-refractivity contribution is -0.385. The van der Waals surface area contributed by atoms with Crippen LogP contribution in [0.4, 0.5) is 5.69 Å². The second kappa shape index (κ2) is 4.40. The predicted molar refractivity (Wildman–Crippen MR) is 64.6 cm³/mol. The van der Waals surface area contributed by atoms with E-state index in [9.17, 15) is 18.5 Å². The molecule has 0 fully saturated rings. The van der Waals surface area contributed by atoms with Crippen LogP contribution in [-0.2, 0) is 10.0 Å². The lowest BCUT2D eigenvalue weighted by Gasteiger charge is -2.01. The smallest absolute Gasteiger partial charge is 0.258 e. The van der Waals surface area contributed by atoms with Gasteiger partial charge in [0.15, 0.2) is 5.82 Å². The van der Waals surface area contributed by atoms with Crippen molar-refractivity contribution >= 4 is 15.7 Å². The minimum absolute atomic E-state index is 0.0326. The van der Waals surface area contributed by atoms with E-state index in [1.807, 2.05) is 0 Å². The number of rotatable bonds is 3. The van der Waals surface area contributed by atoms with Crippen LogP contribution in [0, 0.1) is 17.0 Å². The number of sulfonamides is 1. The molecule has 0 unspecified atom stereocenters. The summed E-state index contributed by atoms with van der Waals surface area (Å²) in [6, 6.07) is 4.36. The molecule has 3 N–H and O–H groups in total. The number of benzene rings is 1. The summed E-state index contributed by atoms with van der Waals surface area (Å²) in [4.78, 5) is 14.0. The Labute approximate surface area is 107 Å². The van der Waals surface area contributed by atoms with Gasteiger partial charge in [0.25, 0.3) is 20.9 Å². The lowest BCUT2D eigenvalue weighted by Crippen LogP contribution is -2.13. The molecule has 1 heterocycles. The number of aromatic amines is 1. The van der Waals surface area contributed by atoms with Gasteiger partial charge < -0.3 is 0 Å². The quantitative estimate of drug-likeness (QED) is 0.613. The molecule has 0 atom stereocenters. The third-order valence-electron chi connectivity index (χ3n) is 2.48. The molecule has 9 nitrogen and oxygen atoms in total. The number of nitrogens with two attached hydrogens (primary N) is 1. The number of hydrogen-bond donors (Lipinski definition) is 2. The third-order valence-corrected chi connectivity index (χ3v) is 3.20. The van der Waals surface area contributed by atoms with Gasteiger partial charge in [0.05, 0.1) is 4.92 Å². The SMILES string of the molecule is Cc1c(-c2n[nH]c(S(N)(=O)=O)n2)cccc1[N+](=O)[O-]. The van der Waals surface area contributed by atoms with E-state index in [-0.39, 0.29) is 11.5 Å². The number of nitrogens with zero attached hydrogens (tertiary/aromatic N) is 3. The van der Waals surface area contributed by atoms with Crippen LogP contribution in [0.25, 0.3) is 11.4 Å². The predicted octanol–water partition coefficient (Wildman–Crippen LogP) is 0.336. The molecule has 0 radical (unpaired) electrons. The van der Waals surface area contributed by atoms with Gasteiger partial charge >= 0.3 is 0 Å². The van der Waals surface area contributed by atoms with E-state index in [0.29, 0.717) is 11.1 Å². The van der Waals surface area contributed by atoms with Crippen molar-refractivity contribution in [3.63, 3.8) is 0 Å². The molecule has 0 amide bonds. The first-order chi connectivity index (χ1) is 8.80. The topological polar surface area (TPSA) is 145 Å². The fourth-order valence-electron chi connectivity index (χ4n) is 1.56. The fourth-order valence-corrected chi connectivity index (χ4v) is 1.94. The summed E-state index contributed by atoms with van der Waals surface area (Å²) < 4.78 is 22.1. The largest absolute Gasteiger partial charge is 0.273 e. The first kappa shape index (κ1) is 13.1. The third kappa shape index (κ3) is 2.44. The Hall–Kier alpha value is -2.33. The van der Waals surface area contributed by atoms with Crippen LogP contribution in [0.2, 0.25) is 0 Å². The summed E-state index contributed by atoms with van der Waals surface area (Å²) in [5, 5.41) is 21.1. The van der Waals surface area contributed by atoms with Crippen LogP contribution < -0.4 is 5.14 Å². The molecule has 0 aliphatic rings. The van der Waals surface area contributed by atoms with E-state index in [4.69, 9.17) is 5.14 Å². The molecule has 19 heavy (non-hydrogen) atoms. The molecule has 100 valence electrons. The molecular formula is C9H9N5O4S. The zero-order valence-corrected chi connectivity index (χ0v) is 10.5. The maximum Gasteiger partial charge on any atom is 0.273 e. The van der Waals surface area contributed by atoms with Gasteiger partial charge in [-0.05, 0) is 6.92 Å². The zero-order valence-electron chi connectivity index (χ0n) is 9.69. The van der Waals surface area contributed by atoms with Crippen LogP contribution in [0.3, 0.4) is 0 Å². The first-order valence-electron chi connectivity index (χ1n) is 5.00. The van der Waals surface area contributed by atoms with E-state index in [0.717, 1.165) is 0 Å². The van der Waals surface area contributed by atoms with Gasteiger partial charge in [0, 0.05) is 17.2 Å². The van der Waals surface area contributed by atoms with Crippen molar-refractivity contribution in [2.24, 2.45) is 5.14 Å². The summed E-state index contributed by atoms with van der Waals surface area (Å²) in [5.74, 6) is 0.0326. The molecule has 0 bridgehead atoms. The Morgan fingerprint density at radius 3 is 2.63 bits per heavy atom. The maximum atomic E-state index is 11.1. The molecule has 0 aliphatic carbocycles. The minimum atomic E-state index is -3.99. The minimum Gasteiger partial charge on any atom is -0.258 e. The van der Waals surface area contributed by atoms with Crippen molar-refractivity contribution in [1.82, 2.24) is 15.2 Å². The van der Waals surface area contributed by atoms with E-state index in [1.165, 1.54) is 19.1 Å². The molecule has 1 aromatic heterocycles. The van der Waals surface area contributed by atoms with Crippen molar-refractivity contribution in [3.8, 4) is 11.4 Å². The highest BCUT2D eigenvalue weighted by molar-refractivity contribution is 7.89. The Morgan fingerprint density at radius 1 is 1.42 bits per heavy atom. The first-order valence-corrected chi connectivity index (χ1v) is 6.55. The summed E-state index contributed by atoms with van der Waals surface area (Å²) >= 11 is 0. The van der Waals surface area contributed by atoms with E-state index in [1.54, 1.807) is 6.07 Å². The van der Waals surface area contributed by atoms with Gasteiger partial charge in [-0.15, -0.1) is 0 Å². The summed E-state index contributed by atoms with van der Waals surface area (Å²) in [6.45, 7) is 1.53. The maximum absolute atomic E-state index is 11.1. The number of nitro benzene ring substituents is 1. The van der Waals surface area contributed by atoms with Crippen molar-refractivity contribution in [2.45, 2.75) is 12.1 Å². The highest BCUT2D eigenvalue weighted by atomic mass is 32.2. The number of hydrogen-bond acceptors (Lipinski definition) is 6. The molecular weight excluding hydrogens is 274 g/mol. The number of aromatic nitrogens is 3. The van der Waals surface area contributed by atoms with E-state index >= 15 is 0 Å². The zero-order chi connectivity index (χ0) is 14.2. The molecule has 2 aromatic rings. The molecule has 0 saturated carbocycles. The Kier molecular flexibility index (Phi) is 3.04. The monoisotopic (exact) mass is 283 g/mol.